The van der Waals surface area contributed by atoms with Gasteiger partial charge in [0, 0.05) is 17.8 Å². The van der Waals surface area contributed by atoms with Gasteiger partial charge in [-0.15, -0.1) is 0 Å². The van der Waals surface area contributed by atoms with Crippen LogP contribution in [-0.4, -0.2) is 16.2 Å². The normalized spacial score (nSPS) is 42.6. The highest BCUT2D eigenvalue weighted by Crippen LogP contribution is 2.69. The molecule has 0 amide bonds. The molecule has 1 saturated heterocycles. The summed E-state index contributed by atoms with van der Waals surface area (Å²) in [6.45, 7) is 4.90. The molecule has 1 aromatic carbocycles. The molecule has 158 valence electrons. The van der Waals surface area contributed by atoms with Crippen molar-refractivity contribution in [3.8, 4) is 0 Å². The SMILES string of the molecule is C[C@@H]1C=CC2=CC3=CC[C@]4(C)[C@@H](c5ccc6ccncc6c5)CC[C@H]4[C@@]34CC[C@]2(C1)O4. The molecule has 2 heteroatoms. The summed E-state index contributed by atoms with van der Waals surface area (Å²) in [5, 5.41) is 2.55. The van der Waals surface area contributed by atoms with Gasteiger partial charge in [0.25, 0.3) is 0 Å². The second-order valence-electron chi connectivity index (χ2n) is 11.2. The van der Waals surface area contributed by atoms with Gasteiger partial charge in [-0.05, 0) is 95.9 Å². The molecule has 1 saturated carbocycles. The summed E-state index contributed by atoms with van der Waals surface area (Å²) >= 11 is 0. The largest absolute Gasteiger partial charge is 0.359 e. The van der Waals surface area contributed by atoms with Gasteiger partial charge < -0.3 is 4.74 Å². The fourth-order valence-electron chi connectivity index (χ4n) is 8.15. The first-order chi connectivity index (χ1) is 15.0. The molecule has 2 aliphatic heterocycles. The summed E-state index contributed by atoms with van der Waals surface area (Å²) in [5.74, 6) is 1.80. The average Bonchev–Trinajstić information content (AvgIpc) is 3.28. The van der Waals surface area contributed by atoms with E-state index >= 15 is 0 Å². The van der Waals surface area contributed by atoms with Gasteiger partial charge in [0.15, 0.2) is 0 Å². The molecule has 0 N–H and O–H groups in total. The molecule has 6 atom stereocenters. The zero-order valence-electron chi connectivity index (χ0n) is 18.6. The summed E-state index contributed by atoms with van der Waals surface area (Å²) < 4.78 is 7.29. The highest BCUT2D eigenvalue weighted by molar-refractivity contribution is 5.82. The van der Waals surface area contributed by atoms with Crippen LogP contribution >= 0.6 is 0 Å². The van der Waals surface area contributed by atoms with Crippen molar-refractivity contribution in [2.75, 3.05) is 0 Å². The first-order valence-electron chi connectivity index (χ1n) is 12.2. The highest BCUT2D eigenvalue weighted by Gasteiger charge is 2.66. The number of aromatic nitrogens is 1. The van der Waals surface area contributed by atoms with Gasteiger partial charge in [-0.25, -0.2) is 0 Å². The molecule has 0 radical (unpaired) electrons. The minimum Gasteiger partial charge on any atom is -0.359 e. The van der Waals surface area contributed by atoms with Crippen molar-refractivity contribution in [3.63, 3.8) is 0 Å². The van der Waals surface area contributed by atoms with Crippen LogP contribution in [0.3, 0.4) is 0 Å². The van der Waals surface area contributed by atoms with Gasteiger partial charge in [-0.3, -0.25) is 4.98 Å². The Kier molecular flexibility index (Phi) is 3.55. The molecule has 2 aromatic rings. The molecule has 7 rings (SSSR count). The minimum absolute atomic E-state index is 0.0313. The van der Waals surface area contributed by atoms with E-state index in [1.165, 1.54) is 53.2 Å². The minimum atomic E-state index is -0.0610. The van der Waals surface area contributed by atoms with Crippen molar-refractivity contribution >= 4 is 10.8 Å². The summed E-state index contributed by atoms with van der Waals surface area (Å²) in [6, 6.07) is 9.18. The number of ether oxygens (including phenoxy) is 1. The highest BCUT2D eigenvalue weighted by atomic mass is 16.5. The van der Waals surface area contributed by atoms with Crippen molar-refractivity contribution in [2.45, 2.75) is 69.5 Å². The Morgan fingerprint density at radius 3 is 2.94 bits per heavy atom. The van der Waals surface area contributed by atoms with Crippen LogP contribution in [0.4, 0.5) is 0 Å². The Hall–Kier alpha value is -2.19. The van der Waals surface area contributed by atoms with E-state index in [4.69, 9.17) is 4.74 Å². The maximum absolute atomic E-state index is 7.29. The van der Waals surface area contributed by atoms with Crippen molar-refractivity contribution in [3.05, 3.63) is 77.7 Å². The molecular formula is C29H31NO. The van der Waals surface area contributed by atoms with Crippen molar-refractivity contribution in [1.82, 2.24) is 4.98 Å². The van der Waals surface area contributed by atoms with Gasteiger partial charge >= 0.3 is 0 Å². The molecule has 3 heterocycles. The van der Waals surface area contributed by atoms with E-state index in [1.54, 1.807) is 0 Å². The number of rotatable bonds is 1. The smallest absolute Gasteiger partial charge is 0.0975 e. The molecular weight excluding hydrogens is 378 g/mol. The second-order valence-corrected chi connectivity index (χ2v) is 11.2. The van der Waals surface area contributed by atoms with Crippen molar-refractivity contribution in [2.24, 2.45) is 17.3 Å². The van der Waals surface area contributed by atoms with Gasteiger partial charge in [0.2, 0.25) is 0 Å². The number of pyridine rings is 1. The van der Waals surface area contributed by atoms with Gasteiger partial charge in [-0.1, -0.05) is 50.3 Å². The lowest BCUT2D eigenvalue weighted by Gasteiger charge is -2.53. The Bertz CT molecular complexity index is 1190. The van der Waals surface area contributed by atoms with Crippen molar-refractivity contribution in [1.29, 1.82) is 0 Å². The third kappa shape index (κ3) is 2.30. The number of benzene rings is 1. The van der Waals surface area contributed by atoms with Crippen LogP contribution < -0.4 is 0 Å². The van der Waals surface area contributed by atoms with E-state index < -0.39 is 0 Å². The van der Waals surface area contributed by atoms with Gasteiger partial charge in [0.1, 0.15) is 0 Å². The maximum Gasteiger partial charge on any atom is 0.0975 e. The number of fused-ring (bicyclic) bond motifs is 2. The molecule has 2 nitrogen and oxygen atoms in total. The number of nitrogens with zero attached hydrogens (tertiary/aromatic N) is 1. The molecule has 1 aromatic heterocycles. The van der Waals surface area contributed by atoms with Gasteiger partial charge in [0.05, 0.1) is 11.2 Å². The Labute approximate surface area is 185 Å². The fourth-order valence-corrected chi connectivity index (χ4v) is 8.15. The van der Waals surface area contributed by atoms with E-state index in [2.05, 4.69) is 67.4 Å². The van der Waals surface area contributed by atoms with Crippen LogP contribution in [0.5, 0.6) is 0 Å². The zero-order valence-corrected chi connectivity index (χ0v) is 18.6. The molecule has 2 spiro atoms. The van der Waals surface area contributed by atoms with Crippen molar-refractivity contribution < 1.29 is 4.74 Å². The molecule has 3 aliphatic carbocycles. The number of allylic oxidation sites excluding steroid dienone is 2. The Morgan fingerprint density at radius 1 is 1.06 bits per heavy atom. The van der Waals surface area contributed by atoms with Crippen LogP contribution in [-0.2, 0) is 4.74 Å². The first-order valence-corrected chi connectivity index (χ1v) is 12.2. The van der Waals surface area contributed by atoms with E-state index in [0.29, 0.717) is 17.8 Å². The van der Waals surface area contributed by atoms with Crippen LogP contribution in [0, 0.1) is 17.3 Å². The molecule has 2 fully saturated rings. The summed E-state index contributed by atoms with van der Waals surface area (Å²) in [4.78, 5) is 4.37. The Morgan fingerprint density at radius 2 is 2.00 bits per heavy atom. The average molecular weight is 410 g/mol. The van der Waals surface area contributed by atoms with E-state index in [9.17, 15) is 0 Å². The van der Waals surface area contributed by atoms with E-state index in [-0.39, 0.29) is 16.6 Å². The van der Waals surface area contributed by atoms with Crippen LogP contribution in [0.25, 0.3) is 10.8 Å². The summed E-state index contributed by atoms with van der Waals surface area (Å²) in [5.41, 5.74) is 4.58. The monoisotopic (exact) mass is 409 g/mol. The predicted molar refractivity (Wildman–Crippen MR) is 125 cm³/mol. The third-order valence-electron chi connectivity index (χ3n) is 9.59. The van der Waals surface area contributed by atoms with E-state index in [0.717, 1.165) is 12.8 Å². The second kappa shape index (κ2) is 5.98. The first kappa shape index (κ1) is 18.4. The maximum atomic E-state index is 7.29. The standard InChI is InChI=1S/C29H31NO/c1-19-3-6-23-16-24-9-11-27(2)25(21-5-4-20-10-14-30-18-22(20)15-21)7-8-26(27)29(24)13-12-28(23,17-19)31-29/h3-6,9-10,14-16,18-19,25-26H,7-8,11-13,17H2,1-2H3/t19-,25-,26-,27-,28-,29-/m1/s1. The zero-order chi connectivity index (χ0) is 20.8. The summed E-state index contributed by atoms with van der Waals surface area (Å²) in [7, 11) is 0. The fraction of sp³-hybridized carbons (Fsp3) is 0.483. The molecule has 0 unspecified atom stereocenters. The van der Waals surface area contributed by atoms with Crippen LogP contribution in [0.15, 0.2) is 72.1 Å². The lowest BCUT2D eigenvalue weighted by atomic mass is 9.58. The quantitative estimate of drug-likeness (QED) is 0.512. The van der Waals surface area contributed by atoms with E-state index in [1.807, 2.05) is 12.4 Å². The topological polar surface area (TPSA) is 22.1 Å². The lowest BCUT2D eigenvalue weighted by molar-refractivity contribution is -0.131. The molecule has 5 aliphatic rings. The predicted octanol–water partition coefficient (Wildman–Crippen LogP) is 6.89. The summed E-state index contributed by atoms with van der Waals surface area (Å²) in [6.07, 6.45) is 20.9. The number of hydrogen-bond acceptors (Lipinski definition) is 2. The number of hydrogen-bond donors (Lipinski definition) is 0. The van der Waals surface area contributed by atoms with Crippen LogP contribution in [0.2, 0.25) is 0 Å². The van der Waals surface area contributed by atoms with Crippen LogP contribution in [0.1, 0.15) is 63.9 Å². The molecule has 31 heavy (non-hydrogen) atoms. The Balaban J connectivity index is 1.32. The lowest BCUT2D eigenvalue weighted by Crippen LogP contribution is -2.53. The van der Waals surface area contributed by atoms with Gasteiger partial charge in [-0.2, -0.15) is 0 Å². The third-order valence-corrected chi connectivity index (χ3v) is 9.59. The molecule has 2 bridgehead atoms.